The van der Waals surface area contributed by atoms with Crippen LogP contribution in [0.3, 0.4) is 0 Å². The summed E-state index contributed by atoms with van der Waals surface area (Å²) in [6, 6.07) is 22.5. The second-order valence-electron chi connectivity index (χ2n) is 7.51. The van der Waals surface area contributed by atoms with Crippen molar-refractivity contribution >= 4 is 17.9 Å². The smallest absolute Gasteiger partial charge is 0.274 e. The average Bonchev–Trinajstić information content (AvgIpc) is 3.35. The minimum Gasteiger partial charge on any atom is -0.497 e. The molecule has 1 heterocycles. The van der Waals surface area contributed by atoms with E-state index in [1.807, 2.05) is 72.8 Å². The Morgan fingerprint density at radius 3 is 2.20 bits per heavy atom. The maximum Gasteiger partial charge on any atom is 0.274 e. The molecule has 0 spiro atoms. The minimum atomic E-state index is -0.347. The van der Waals surface area contributed by atoms with Crippen LogP contribution < -0.4 is 19.5 Å². The van der Waals surface area contributed by atoms with E-state index in [0.717, 1.165) is 28.2 Å². The maximum absolute atomic E-state index is 13.1. The summed E-state index contributed by atoms with van der Waals surface area (Å²) in [5, 5.41) is 7.71. The average molecular weight is 471 g/mol. The van der Waals surface area contributed by atoms with Crippen LogP contribution >= 0.6 is 0 Å². The zero-order valence-corrected chi connectivity index (χ0v) is 19.8. The summed E-state index contributed by atoms with van der Waals surface area (Å²) in [6.07, 6.45) is 3.14. The Hall–Kier alpha value is -4.59. The molecule has 0 aliphatic carbocycles. The van der Waals surface area contributed by atoms with Gasteiger partial charge in [-0.05, 0) is 54.1 Å². The van der Waals surface area contributed by atoms with Crippen LogP contribution in [0.25, 0.3) is 17.5 Å². The third kappa shape index (κ3) is 5.67. The predicted molar refractivity (Wildman–Crippen MR) is 135 cm³/mol. The van der Waals surface area contributed by atoms with Crippen LogP contribution in [0, 0.1) is 0 Å². The van der Waals surface area contributed by atoms with Gasteiger partial charge in [-0.15, -0.1) is 5.10 Å². The lowest BCUT2D eigenvalue weighted by atomic mass is 10.2. The number of allylic oxidation sites excluding steroid dienone is 1. The molecule has 0 aliphatic rings. The molecule has 178 valence electrons. The number of benzene rings is 3. The van der Waals surface area contributed by atoms with E-state index < -0.39 is 0 Å². The first-order valence-corrected chi connectivity index (χ1v) is 10.9. The normalized spacial score (nSPS) is 10.8. The number of hydrogen-bond acceptors (Lipinski definition) is 7. The lowest BCUT2D eigenvalue weighted by Crippen LogP contribution is -2.14. The van der Waals surface area contributed by atoms with Gasteiger partial charge >= 0.3 is 0 Å². The molecule has 4 aromatic rings. The van der Waals surface area contributed by atoms with E-state index in [-0.39, 0.29) is 5.91 Å². The quantitative estimate of drug-likeness (QED) is 0.347. The number of methoxy groups -OCH3 is 3. The molecule has 0 radical (unpaired) electrons. The summed E-state index contributed by atoms with van der Waals surface area (Å²) in [4.78, 5) is 17.7. The van der Waals surface area contributed by atoms with Crippen LogP contribution in [-0.2, 0) is 6.54 Å². The lowest BCUT2D eigenvalue weighted by molar-refractivity contribution is 0.0957. The van der Waals surface area contributed by atoms with Gasteiger partial charge in [0.15, 0.2) is 5.82 Å². The van der Waals surface area contributed by atoms with Crippen molar-refractivity contribution in [1.82, 2.24) is 14.8 Å². The molecule has 0 fully saturated rings. The van der Waals surface area contributed by atoms with Crippen molar-refractivity contribution in [2.75, 3.05) is 26.6 Å². The summed E-state index contributed by atoms with van der Waals surface area (Å²) in [5.74, 6) is 2.58. The summed E-state index contributed by atoms with van der Waals surface area (Å²) < 4.78 is 17.1. The monoisotopic (exact) mass is 470 g/mol. The van der Waals surface area contributed by atoms with Crippen LogP contribution in [-0.4, -0.2) is 42.0 Å². The van der Waals surface area contributed by atoms with Gasteiger partial charge in [-0.25, -0.2) is 0 Å². The molecule has 8 nitrogen and oxygen atoms in total. The fraction of sp³-hybridized carbons (Fsp3) is 0.148. The van der Waals surface area contributed by atoms with Gasteiger partial charge in [-0.1, -0.05) is 30.3 Å². The topological polar surface area (TPSA) is 87.5 Å². The number of hydrogen-bond donors (Lipinski definition) is 1. The molecule has 0 aliphatic heterocycles. The molecule has 1 aromatic heterocycles. The van der Waals surface area contributed by atoms with Crippen LogP contribution in [0.5, 0.6) is 17.2 Å². The molecule has 4 rings (SSSR count). The molecule has 3 aromatic carbocycles. The van der Waals surface area contributed by atoms with Crippen molar-refractivity contribution in [2.24, 2.45) is 0 Å². The number of carbonyl (C=O) groups excluding carboxylic acids is 1. The largest absolute Gasteiger partial charge is 0.497 e. The third-order valence-electron chi connectivity index (χ3n) is 5.32. The Labute approximate surface area is 203 Å². The molecule has 0 amide bonds. The minimum absolute atomic E-state index is 0.335. The van der Waals surface area contributed by atoms with Crippen LogP contribution in [0.2, 0.25) is 0 Å². The lowest BCUT2D eigenvalue weighted by Gasteiger charge is -2.07. The SMILES string of the molecule is COc1ccc(CNc2nc(-c3ccc(OC)cc3)nn2C(=O)C=Cc2ccccc2OC)cc1. The first kappa shape index (κ1) is 23.6. The Morgan fingerprint density at radius 2 is 1.54 bits per heavy atom. The number of rotatable bonds is 9. The number of nitrogens with one attached hydrogen (secondary N) is 1. The number of carbonyl (C=O) groups is 1. The summed E-state index contributed by atoms with van der Waals surface area (Å²) in [5.41, 5.74) is 2.55. The van der Waals surface area contributed by atoms with Crippen molar-refractivity contribution in [3.8, 4) is 28.6 Å². The highest BCUT2D eigenvalue weighted by molar-refractivity contribution is 5.95. The Balaban J connectivity index is 1.62. The number of aromatic nitrogens is 3. The van der Waals surface area contributed by atoms with Crippen molar-refractivity contribution in [1.29, 1.82) is 0 Å². The first-order valence-electron chi connectivity index (χ1n) is 10.9. The fourth-order valence-corrected chi connectivity index (χ4v) is 3.40. The Kier molecular flexibility index (Phi) is 7.42. The van der Waals surface area contributed by atoms with Gasteiger partial charge in [-0.3, -0.25) is 4.79 Å². The van der Waals surface area contributed by atoms with E-state index in [4.69, 9.17) is 14.2 Å². The third-order valence-corrected chi connectivity index (χ3v) is 5.32. The molecule has 1 N–H and O–H groups in total. The van der Waals surface area contributed by atoms with Gasteiger partial charge in [0.05, 0.1) is 21.3 Å². The highest BCUT2D eigenvalue weighted by atomic mass is 16.5. The summed E-state index contributed by atoms with van der Waals surface area (Å²) >= 11 is 0. The van der Waals surface area contributed by atoms with Crippen molar-refractivity contribution in [3.05, 3.63) is 90.0 Å². The van der Waals surface area contributed by atoms with E-state index >= 15 is 0 Å². The van der Waals surface area contributed by atoms with Crippen molar-refractivity contribution in [2.45, 2.75) is 6.54 Å². The van der Waals surface area contributed by atoms with Crippen molar-refractivity contribution < 1.29 is 19.0 Å². The number of ether oxygens (including phenoxy) is 3. The van der Waals surface area contributed by atoms with Crippen LogP contribution in [0.1, 0.15) is 15.9 Å². The van der Waals surface area contributed by atoms with Gasteiger partial charge in [0.2, 0.25) is 5.95 Å². The standard InChI is InChI=1S/C27H26N4O4/c1-33-22-13-8-19(9-14-22)18-28-27-29-26(21-10-15-23(34-2)16-11-21)30-31(27)25(32)17-12-20-6-4-5-7-24(20)35-3/h4-17H,18H2,1-3H3,(H,28,29,30). The zero-order chi connectivity index (χ0) is 24.6. The Bertz CT molecular complexity index is 1310. The molecular formula is C27H26N4O4. The maximum atomic E-state index is 13.1. The summed E-state index contributed by atoms with van der Waals surface area (Å²) in [6.45, 7) is 0.453. The zero-order valence-electron chi connectivity index (χ0n) is 19.8. The van der Waals surface area contributed by atoms with E-state index in [2.05, 4.69) is 15.4 Å². The van der Waals surface area contributed by atoms with Crippen molar-refractivity contribution in [3.63, 3.8) is 0 Å². The fourth-order valence-electron chi connectivity index (χ4n) is 3.40. The number of anilines is 1. The van der Waals surface area contributed by atoms with Gasteiger partial charge in [0.1, 0.15) is 17.2 Å². The molecule has 0 saturated carbocycles. The van der Waals surface area contributed by atoms with Gasteiger partial charge in [0.25, 0.3) is 5.91 Å². The molecule has 0 unspecified atom stereocenters. The van der Waals surface area contributed by atoms with Gasteiger partial charge < -0.3 is 19.5 Å². The molecule has 0 atom stereocenters. The Morgan fingerprint density at radius 1 is 0.886 bits per heavy atom. The van der Waals surface area contributed by atoms with E-state index in [1.54, 1.807) is 27.4 Å². The van der Waals surface area contributed by atoms with Crippen LogP contribution in [0.15, 0.2) is 78.9 Å². The summed E-state index contributed by atoms with van der Waals surface area (Å²) in [7, 11) is 4.82. The number of nitrogens with zero attached hydrogens (tertiary/aromatic N) is 3. The van der Waals surface area contributed by atoms with E-state index in [1.165, 1.54) is 10.8 Å². The molecule has 35 heavy (non-hydrogen) atoms. The van der Waals surface area contributed by atoms with Gasteiger partial charge in [-0.2, -0.15) is 9.67 Å². The molecule has 0 saturated heterocycles. The van der Waals surface area contributed by atoms with E-state index in [0.29, 0.717) is 24.1 Å². The van der Waals surface area contributed by atoms with E-state index in [9.17, 15) is 4.79 Å². The molecule has 0 bridgehead atoms. The highest BCUT2D eigenvalue weighted by Gasteiger charge is 2.16. The second-order valence-corrected chi connectivity index (χ2v) is 7.51. The second kappa shape index (κ2) is 11.0. The van der Waals surface area contributed by atoms with Crippen LogP contribution in [0.4, 0.5) is 5.95 Å². The number of para-hydroxylation sites is 1. The molecular weight excluding hydrogens is 444 g/mol. The predicted octanol–water partition coefficient (Wildman–Crippen LogP) is 4.94. The molecule has 8 heteroatoms. The highest BCUT2D eigenvalue weighted by Crippen LogP contribution is 2.23. The first-order chi connectivity index (χ1) is 17.1. The van der Waals surface area contributed by atoms with Gasteiger partial charge in [0, 0.05) is 23.7 Å².